The van der Waals surface area contributed by atoms with E-state index >= 15 is 0 Å². The summed E-state index contributed by atoms with van der Waals surface area (Å²) < 4.78 is 10.6. The molecule has 0 bridgehead atoms. The maximum Gasteiger partial charge on any atom is 0.289 e. The predicted octanol–water partition coefficient (Wildman–Crippen LogP) is 3.01. The van der Waals surface area contributed by atoms with Crippen LogP contribution in [0.3, 0.4) is 0 Å². The van der Waals surface area contributed by atoms with Gasteiger partial charge in [0, 0.05) is 32.1 Å². The highest BCUT2D eigenvalue weighted by Crippen LogP contribution is 2.36. The number of hydrogen-bond acceptors (Lipinski definition) is 4. The van der Waals surface area contributed by atoms with E-state index in [1.54, 1.807) is 24.1 Å². The van der Waals surface area contributed by atoms with Crippen LogP contribution in [0.5, 0.6) is 5.75 Å². The maximum absolute atomic E-state index is 13.1. The first-order chi connectivity index (χ1) is 13.1. The molecule has 2 amide bonds. The molecule has 1 aliphatic heterocycles. The van der Waals surface area contributed by atoms with E-state index < -0.39 is 0 Å². The summed E-state index contributed by atoms with van der Waals surface area (Å²) >= 11 is 0. The van der Waals surface area contributed by atoms with Crippen molar-refractivity contribution >= 4 is 11.8 Å². The number of carbonyl (C=O) groups excluding carboxylic acids is 2. The highest BCUT2D eigenvalue weighted by molar-refractivity contribution is 5.92. The minimum absolute atomic E-state index is 0.0767. The van der Waals surface area contributed by atoms with Gasteiger partial charge in [-0.05, 0) is 43.7 Å². The number of likely N-dealkylation sites (tertiary alicyclic amines) is 1. The van der Waals surface area contributed by atoms with Gasteiger partial charge in [-0.1, -0.05) is 12.1 Å². The van der Waals surface area contributed by atoms with Crippen molar-refractivity contribution in [2.45, 2.75) is 19.8 Å². The molecular formula is C21H26N2O4. The van der Waals surface area contributed by atoms with Gasteiger partial charge < -0.3 is 19.0 Å². The SMILES string of the molecule is CCN(CC)C(=O)C1CN(C(=O)c2ccco2)CC1c1cccc(OC)c1. The van der Waals surface area contributed by atoms with E-state index in [4.69, 9.17) is 9.15 Å². The van der Waals surface area contributed by atoms with Crippen molar-refractivity contribution in [1.29, 1.82) is 0 Å². The van der Waals surface area contributed by atoms with Crippen molar-refractivity contribution in [2.24, 2.45) is 5.92 Å². The van der Waals surface area contributed by atoms with Gasteiger partial charge in [-0.25, -0.2) is 0 Å². The van der Waals surface area contributed by atoms with E-state index in [-0.39, 0.29) is 23.7 Å². The normalized spacial score (nSPS) is 19.1. The molecule has 0 N–H and O–H groups in total. The Morgan fingerprint density at radius 1 is 1.19 bits per heavy atom. The second-order valence-corrected chi connectivity index (χ2v) is 6.69. The maximum atomic E-state index is 13.1. The molecule has 0 saturated carbocycles. The minimum Gasteiger partial charge on any atom is -0.497 e. The molecule has 0 aliphatic carbocycles. The molecule has 144 valence electrons. The number of furan rings is 1. The van der Waals surface area contributed by atoms with E-state index in [0.29, 0.717) is 31.9 Å². The molecule has 27 heavy (non-hydrogen) atoms. The molecule has 2 atom stereocenters. The van der Waals surface area contributed by atoms with Crippen molar-refractivity contribution in [1.82, 2.24) is 9.80 Å². The van der Waals surface area contributed by atoms with Crippen LogP contribution in [-0.2, 0) is 4.79 Å². The van der Waals surface area contributed by atoms with E-state index in [0.717, 1.165) is 11.3 Å². The second kappa shape index (κ2) is 8.29. The predicted molar refractivity (Wildman–Crippen MR) is 102 cm³/mol. The molecule has 1 saturated heterocycles. The van der Waals surface area contributed by atoms with Gasteiger partial charge in [0.25, 0.3) is 5.91 Å². The number of nitrogens with zero attached hydrogens (tertiary/aromatic N) is 2. The van der Waals surface area contributed by atoms with Gasteiger partial charge in [0.05, 0.1) is 19.3 Å². The van der Waals surface area contributed by atoms with Crippen LogP contribution in [0.25, 0.3) is 0 Å². The van der Waals surface area contributed by atoms with E-state index in [1.165, 1.54) is 6.26 Å². The fourth-order valence-corrected chi connectivity index (χ4v) is 3.76. The van der Waals surface area contributed by atoms with Gasteiger partial charge in [-0.2, -0.15) is 0 Å². The highest BCUT2D eigenvalue weighted by Gasteiger charge is 2.42. The summed E-state index contributed by atoms with van der Waals surface area (Å²) in [5.41, 5.74) is 1.01. The number of amides is 2. The standard InChI is InChI=1S/C21H26N2O4/c1-4-22(5-2)20(24)18-14-23(21(25)19-10-7-11-27-19)13-17(18)15-8-6-9-16(12-15)26-3/h6-12,17-18H,4-5,13-14H2,1-3H3. The van der Waals surface area contributed by atoms with Gasteiger partial charge in [0.2, 0.25) is 5.91 Å². The Morgan fingerprint density at radius 2 is 1.96 bits per heavy atom. The first kappa shape index (κ1) is 19.0. The summed E-state index contributed by atoms with van der Waals surface area (Å²) in [6.07, 6.45) is 1.49. The zero-order valence-corrected chi connectivity index (χ0v) is 16.1. The third-order valence-corrected chi connectivity index (χ3v) is 5.25. The van der Waals surface area contributed by atoms with Crippen LogP contribution >= 0.6 is 0 Å². The average Bonchev–Trinajstić information content (AvgIpc) is 3.38. The Bertz CT molecular complexity index is 783. The van der Waals surface area contributed by atoms with E-state index in [2.05, 4.69) is 0 Å². The Labute approximate surface area is 159 Å². The van der Waals surface area contributed by atoms with Crippen LogP contribution in [0.2, 0.25) is 0 Å². The third-order valence-electron chi connectivity index (χ3n) is 5.25. The van der Waals surface area contributed by atoms with Gasteiger partial charge in [-0.3, -0.25) is 9.59 Å². The number of methoxy groups -OCH3 is 1. The summed E-state index contributed by atoms with van der Waals surface area (Å²) in [7, 11) is 1.62. The second-order valence-electron chi connectivity index (χ2n) is 6.69. The molecule has 3 rings (SSSR count). The van der Waals surface area contributed by atoms with Crippen LogP contribution in [0.1, 0.15) is 35.9 Å². The van der Waals surface area contributed by atoms with Crippen molar-refractivity contribution in [2.75, 3.05) is 33.3 Å². The molecule has 2 aromatic rings. The lowest BCUT2D eigenvalue weighted by atomic mass is 9.88. The van der Waals surface area contributed by atoms with Crippen LogP contribution < -0.4 is 4.74 Å². The molecule has 0 spiro atoms. The zero-order chi connectivity index (χ0) is 19.4. The first-order valence-electron chi connectivity index (χ1n) is 9.34. The van der Waals surface area contributed by atoms with Crippen LogP contribution in [0.4, 0.5) is 0 Å². The fourth-order valence-electron chi connectivity index (χ4n) is 3.76. The molecular weight excluding hydrogens is 344 g/mol. The Kier molecular flexibility index (Phi) is 5.84. The summed E-state index contributed by atoms with van der Waals surface area (Å²) in [5.74, 6) is 0.598. The van der Waals surface area contributed by atoms with Crippen molar-refractivity contribution < 1.29 is 18.7 Å². The first-order valence-corrected chi connectivity index (χ1v) is 9.34. The number of carbonyl (C=O) groups is 2. The van der Waals surface area contributed by atoms with Gasteiger partial charge in [0.15, 0.2) is 5.76 Å². The molecule has 0 radical (unpaired) electrons. The van der Waals surface area contributed by atoms with Crippen LogP contribution in [0.15, 0.2) is 47.1 Å². The molecule has 2 heterocycles. The van der Waals surface area contributed by atoms with Gasteiger partial charge >= 0.3 is 0 Å². The monoisotopic (exact) mass is 370 g/mol. The minimum atomic E-state index is -0.282. The summed E-state index contributed by atoms with van der Waals surface area (Å²) in [4.78, 5) is 29.5. The molecule has 1 fully saturated rings. The number of ether oxygens (including phenoxy) is 1. The molecule has 1 aromatic carbocycles. The number of hydrogen-bond donors (Lipinski definition) is 0. The topological polar surface area (TPSA) is 63.0 Å². The van der Waals surface area contributed by atoms with Gasteiger partial charge in [0.1, 0.15) is 5.75 Å². The lowest BCUT2D eigenvalue weighted by Crippen LogP contribution is -2.39. The van der Waals surface area contributed by atoms with Crippen molar-refractivity contribution in [3.63, 3.8) is 0 Å². The largest absolute Gasteiger partial charge is 0.497 e. The Hall–Kier alpha value is -2.76. The third kappa shape index (κ3) is 3.84. The van der Waals surface area contributed by atoms with E-state index in [1.807, 2.05) is 43.0 Å². The highest BCUT2D eigenvalue weighted by atomic mass is 16.5. The fraction of sp³-hybridized carbons (Fsp3) is 0.429. The number of rotatable bonds is 6. The molecule has 1 aliphatic rings. The van der Waals surface area contributed by atoms with Crippen LogP contribution in [0, 0.1) is 5.92 Å². The van der Waals surface area contributed by atoms with E-state index in [9.17, 15) is 9.59 Å². The lowest BCUT2D eigenvalue weighted by Gasteiger charge is -2.26. The Balaban J connectivity index is 1.91. The zero-order valence-electron chi connectivity index (χ0n) is 16.1. The molecule has 6 heteroatoms. The lowest BCUT2D eigenvalue weighted by molar-refractivity contribution is -0.135. The summed E-state index contributed by atoms with van der Waals surface area (Å²) in [6, 6.07) is 11.1. The molecule has 2 unspecified atom stereocenters. The molecule has 1 aromatic heterocycles. The summed E-state index contributed by atoms with van der Waals surface area (Å²) in [5, 5.41) is 0. The van der Waals surface area contributed by atoms with Crippen LogP contribution in [-0.4, -0.2) is 54.9 Å². The quantitative estimate of drug-likeness (QED) is 0.784. The Morgan fingerprint density at radius 3 is 2.59 bits per heavy atom. The summed E-state index contributed by atoms with van der Waals surface area (Å²) in [6.45, 7) is 6.12. The average molecular weight is 370 g/mol. The van der Waals surface area contributed by atoms with Crippen molar-refractivity contribution in [3.8, 4) is 5.75 Å². The molecule has 6 nitrogen and oxygen atoms in total. The van der Waals surface area contributed by atoms with Crippen molar-refractivity contribution in [3.05, 3.63) is 54.0 Å². The number of benzene rings is 1. The van der Waals surface area contributed by atoms with Gasteiger partial charge in [-0.15, -0.1) is 0 Å². The smallest absolute Gasteiger partial charge is 0.289 e.